The van der Waals surface area contributed by atoms with Crippen LogP contribution < -0.4 is 15.4 Å². The predicted octanol–water partition coefficient (Wildman–Crippen LogP) is 6.30. The van der Waals surface area contributed by atoms with Crippen LogP contribution in [0.1, 0.15) is 38.9 Å². The zero-order valence-electron chi connectivity index (χ0n) is 25.0. The van der Waals surface area contributed by atoms with Crippen LogP contribution in [0.5, 0.6) is 11.5 Å². The highest BCUT2D eigenvalue weighted by atomic mass is 35.5. The van der Waals surface area contributed by atoms with E-state index in [9.17, 15) is 24.9 Å². The quantitative estimate of drug-likeness (QED) is 0.154. The maximum absolute atomic E-state index is 12.6. The van der Waals surface area contributed by atoms with Crippen molar-refractivity contribution in [3.05, 3.63) is 153 Å². The first-order chi connectivity index (χ1) is 22.0. The molecule has 2 atom stereocenters. The number of hydrogen-bond donors (Lipinski definition) is 5. The van der Waals surface area contributed by atoms with Crippen LogP contribution in [0.15, 0.2) is 109 Å². The van der Waals surface area contributed by atoms with Crippen molar-refractivity contribution in [2.75, 3.05) is 10.6 Å². The molecule has 0 saturated heterocycles. The molecule has 46 heavy (non-hydrogen) atoms. The van der Waals surface area contributed by atoms with Gasteiger partial charge in [-0.3, -0.25) is 9.59 Å². The van der Waals surface area contributed by atoms with Gasteiger partial charge in [0.15, 0.2) is 11.2 Å². The summed E-state index contributed by atoms with van der Waals surface area (Å²) in [5, 5.41) is 37.3. The number of benzene rings is 5. The Morgan fingerprint density at radius 3 is 1.87 bits per heavy atom. The molecule has 0 aliphatic carbocycles. The number of phenolic OH excluding ortho intramolecular Hbond substituents is 1. The third-order valence-electron chi connectivity index (χ3n) is 8.39. The summed E-state index contributed by atoms with van der Waals surface area (Å²) in [6.45, 7) is 4.14. The molecule has 0 aromatic heterocycles. The molecule has 0 radical (unpaired) electrons. The first-order valence-corrected chi connectivity index (χ1v) is 15.0. The molecule has 2 unspecified atom stereocenters. The van der Waals surface area contributed by atoms with Crippen LogP contribution in [0.4, 0.5) is 11.4 Å². The van der Waals surface area contributed by atoms with Gasteiger partial charge in [-0.15, -0.1) is 0 Å². The Morgan fingerprint density at radius 1 is 0.674 bits per heavy atom. The van der Waals surface area contributed by atoms with Gasteiger partial charge in [0.2, 0.25) is 0 Å². The van der Waals surface area contributed by atoms with Gasteiger partial charge >= 0.3 is 0 Å². The van der Waals surface area contributed by atoms with E-state index in [0.717, 1.165) is 16.7 Å². The van der Waals surface area contributed by atoms with E-state index in [-0.39, 0.29) is 5.75 Å². The Kier molecular flexibility index (Phi) is 8.04. The molecule has 2 aliphatic rings. The zero-order valence-corrected chi connectivity index (χ0v) is 25.8. The lowest BCUT2D eigenvalue weighted by atomic mass is 9.87. The Labute approximate surface area is 270 Å². The summed E-state index contributed by atoms with van der Waals surface area (Å²) in [5.41, 5.74) is 2.45. The number of carbonyl (C=O) groups excluding carboxylic acids is 2. The molecular weight excluding hydrogens is 604 g/mol. The number of ether oxygens (including phenoxy) is 1. The number of rotatable bonds is 5. The molecule has 0 bridgehead atoms. The van der Waals surface area contributed by atoms with Gasteiger partial charge in [0, 0.05) is 16.1 Å². The molecular formula is C37H31ClN2O6. The minimum Gasteiger partial charge on any atom is -0.508 e. The van der Waals surface area contributed by atoms with Crippen molar-refractivity contribution in [2.24, 2.45) is 0 Å². The Morgan fingerprint density at radius 2 is 1.24 bits per heavy atom. The Balaban J connectivity index is 0.000000172. The molecule has 2 aliphatic heterocycles. The van der Waals surface area contributed by atoms with Crippen molar-refractivity contribution < 1.29 is 29.6 Å². The number of aliphatic hydroxyl groups is 2. The molecule has 0 fully saturated rings. The second-order valence-electron chi connectivity index (χ2n) is 11.3. The topological polar surface area (TPSA) is 128 Å². The number of phenols is 1. The van der Waals surface area contributed by atoms with Gasteiger partial charge in [-0.25, -0.2) is 0 Å². The average Bonchev–Trinajstić information content (AvgIpc) is 3.49. The van der Waals surface area contributed by atoms with Gasteiger partial charge in [-0.1, -0.05) is 90.5 Å². The predicted molar refractivity (Wildman–Crippen MR) is 176 cm³/mol. The van der Waals surface area contributed by atoms with Crippen LogP contribution in [-0.4, -0.2) is 27.1 Å². The number of halogens is 1. The summed E-state index contributed by atoms with van der Waals surface area (Å²) < 4.78 is 5.77. The van der Waals surface area contributed by atoms with Crippen molar-refractivity contribution in [1.82, 2.24) is 0 Å². The maximum Gasteiger partial charge on any atom is 0.265 e. The van der Waals surface area contributed by atoms with E-state index in [1.54, 1.807) is 60.7 Å². The van der Waals surface area contributed by atoms with Gasteiger partial charge in [-0.05, 0) is 72.0 Å². The molecule has 0 spiro atoms. The number of anilines is 2. The van der Waals surface area contributed by atoms with Crippen molar-refractivity contribution in [3.63, 3.8) is 0 Å². The van der Waals surface area contributed by atoms with Crippen LogP contribution in [0.25, 0.3) is 0 Å². The molecule has 2 amide bonds. The molecule has 0 saturated carbocycles. The number of aromatic hydroxyl groups is 1. The van der Waals surface area contributed by atoms with Crippen LogP contribution in [0, 0.1) is 13.8 Å². The largest absolute Gasteiger partial charge is 0.508 e. The molecule has 5 aromatic rings. The second kappa shape index (κ2) is 12.0. The molecule has 8 nitrogen and oxygen atoms in total. The molecule has 5 N–H and O–H groups in total. The fourth-order valence-corrected chi connectivity index (χ4v) is 5.90. The first-order valence-electron chi connectivity index (χ1n) is 14.6. The van der Waals surface area contributed by atoms with Crippen LogP contribution in [0.3, 0.4) is 0 Å². The van der Waals surface area contributed by atoms with Crippen molar-refractivity contribution >= 4 is 34.8 Å². The molecule has 9 heteroatoms. The second-order valence-corrected chi connectivity index (χ2v) is 11.7. The highest BCUT2D eigenvalue weighted by molar-refractivity contribution is 6.32. The summed E-state index contributed by atoms with van der Waals surface area (Å²) in [6, 6.07) is 31.6. The maximum atomic E-state index is 12.6. The van der Waals surface area contributed by atoms with Crippen LogP contribution in [0.2, 0.25) is 5.02 Å². The fraction of sp³-hybridized carbons (Fsp3) is 0.135. The third-order valence-corrected chi connectivity index (χ3v) is 8.80. The summed E-state index contributed by atoms with van der Waals surface area (Å²) in [5.74, 6) is -0.198. The molecule has 232 valence electrons. The lowest BCUT2D eigenvalue weighted by Crippen LogP contribution is -2.35. The van der Waals surface area contributed by atoms with Crippen molar-refractivity contribution in [3.8, 4) is 11.5 Å². The molecule has 2 heterocycles. The van der Waals surface area contributed by atoms with Crippen LogP contribution >= 0.6 is 11.6 Å². The van der Waals surface area contributed by atoms with E-state index in [1.807, 2.05) is 50.2 Å². The fourth-order valence-electron chi connectivity index (χ4n) is 5.75. The van der Waals surface area contributed by atoms with Gasteiger partial charge in [0.25, 0.3) is 11.8 Å². The van der Waals surface area contributed by atoms with Gasteiger partial charge < -0.3 is 30.7 Å². The Hall–Kier alpha value is -5.15. The minimum atomic E-state index is -1.75. The van der Waals surface area contributed by atoms with E-state index >= 15 is 0 Å². The van der Waals surface area contributed by atoms with E-state index in [0.29, 0.717) is 51.0 Å². The van der Waals surface area contributed by atoms with Crippen molar-refractivity contribution in [1.29, 1.82) is 0 Å². The molecule has 5 aromatic carbocycles. The van der Waals surface area contributed by atoms with E-state index in [2.05, 4.69) is 10.6 Å². The average molecular weight is 635 g/mol. The van der Waals surface area contributed by atoms with Gasteiger partial charge in [0.05, 0.1) is 11.4 Å². The third kappa shape index (κ3) is 5.26. The number of fused-ring (bicyclic) bond motifs is 2. The molecule has 7 rings (SSSR count). The monoisotopic (exact) mass is 634 g/mol. The van der Waals surface area contributed by atoms with E-state index in [1.165, 1.54) is 12.1 Å². The van der Waals surface area contributed by atoms with E-state index < -0.39 is 23.0 Å². The number of amides is 2. The van der Waals surface area contributed by atoms with Crippen molar-refractivity contribution in [2.45, 2.75) is 31.7 Å². The lowest BCUT2D eigenvalue weighted by Gasteiger charge is -2.22. The van der Waals surface area contributed by atoms with Gasteiger partial charge in [0.1, 0.15) is 18.1 Å². The summed E-state index contributed by atoms with van der Waals surface area (Å²) in [4.78, 5) is 24.7. The van der Waals surface area contributed by atoms with E-state index in [4.69, 9.17) is 16.3 Å². The number of nitrogens with one attached hydrogen (secondary N) is 2. The lowest BCUT2D eigenvalue weighted by molar-refractivity contribution is -0.130. The van der Waals surface area contributed by atoms with Crippen LogP contribution in [-0.2, 0) is 27.4 Å². The summed E-state index contributed by atoms with van der Waals surface area (Å²) in [6.07, 6.45) is 0. The normalized spacial score (nSPS) is 19.3. The van der Waals surface area contributed by atoms with Gasteiger partial charge in [-0.2, -0.15) is 0 Å². The number of hydrogen-bond acceptors (Lipinski definition) is 6. The zero-order chi connectivity index (χ0) is 32.6. The number of aryl methyl sites for hydroxylation is 1. The summed E-state index contributed by atoms with van der Waals surface area (Å²) in [7, 11) is 0. The first kappa shape index (κ1) is 30.9. The highest BCUT2D eigenvalue weighted by Crippen LogP contribution is 2.45. The minimum absolute atomic E-state index is 0.0928. The number of para-hydroxylation sites is 1. The Bertz CT molecular complexity index is 1950. The standard InChI is InChI=1S/C22H18ClNO3.C15H13NO3/c1-14-19(23)12-11-18-20(14)24-21(25)22(18,26)16-7-9-17(10-8-16)27-13-15-5-3-2-4-6-15;1-9-3-2-4-12-13(9)16-14(18)15(12,19)10-5-7-11(17)8-6-10/h2-12,26H,13H2,1H3,(H,24,25);2-8,17,19H,1H3,(H,16,18). The summed E-state index contributed by atoms with van der Waals surface area (Å²) >= 11 is 6.14. The SMILES string of the molecule is Cc1c(Cl)ccc2c1NC(=O)C2(O)c1ccc(OCc2ccccc2)cc1.Cc1cccc2c1NC(=O)C2(O)c1ccc(O)cc1. The highest BCUT2D eigenvalue weighted by Gasteiger charge is 2.48. The smallest absolute Gasteiger partial charge is 0.265 e. The number of carbonyl (C=O) groups is 2.